The van der Waals surface area contributed by atoms with Crippen molar-refractivity contribution in [1.82, 2.24) is 15.5 Å². The molecule has 2 rings (SSSR count). The molecule has 0 saturated heterocycles. The number of benzene rings is 1. The number of hydrogen-bond acceptors (Lipinski definition) is 3. The highest BCUT2D eigenvalue weighted by Crippen LogP contribution is 2.22. The second kappa shape index (κ2) is 18.1. The number of carbonyl (C=O) groups is 1. The van der Waals surface area contributed by atoms with Crippen LogP contribution in [0.2, 0.25) is 0 Å². The smallest absolute Gasteiger partial charge is 0.269 e. The lowest BCUT2D eigenvalue weighted by Crippen LogP contribution is -2.24. The van der Waals surface area contributed by atoms with Gasteiger partial charge in [0.2, 0.25) is 0 Å². The van der Waals surface area contributed by atoms with Crippen LogP contribution < -0.4 is 10.1 Å². The van der Waals surface area contributed by atoms with Crippen LogP contribution in [0.1, 0.15) is 120 Å². The highest BCUT2D eigenvalue weighted by Gasteiger charge is 2.11. The zero-order chi connectivity index (χ0) is 24.3. The maximum atomic E-state index is 12.4. The van der Waals surface area contributed by atoms with Gasteiger partial charge in [-0.15, -0.1) is 0 Å². The summed E-state index contributed by atoms with van der Waals surface area (Å²) in [6.07, 6.45) is 21.7. The highest BCUT2D eigenvalue weighted by atomic mass is 16.5. The molecule has 0 unspecified atom stereocenters. The van der Waals surface area contributed by atoms with Crippen molar-refractivity contribution in [2.24, 2.45) is 0 Å². The van der Waals surface area contributed by atoms with E-state index in [2.05, 4.69) is 22.4 Å². The summed E-state index contributed by atoms with van der Waals surface area (Å²) < 4.78 is 5.26. The quantitative estimate of drug-likeness (QED) is 0.193. The van der Waals surface area contributed by atoms with Crippen LogP contribution in [0.5, 0.6) is 5.75 Å². The van der Waals surface area contributed by atoms with Gasteiger partial charge in [0, 0.05) is 12.1 Å². The molecule has 190 valence electrons. The second-order valence-electron chi connectivity index (χ2n) is 9.46. The summed E-state index contributed by atoms with van der Waals surface area (Å²) in [5.41, 5.74) is 2.16. The van der Waals surface area contributed by atoms with Crippen LogP contribution in [0.3, 0.4) is 0 Å². The molecule has 0 radical (unpaired) electrons. The number of aromatic amines is 1. The van der Waals surface area contributed by atoms with Crippen molar-refractivity contribution in [2.45, 2.75) is 110 Å². The molecule has 2 N–H and O–H groups in total. The van der Waals surface area contributed by atoms with Crippen LogP contribution in [-0.2, 0) is 0 Å². The van der Waals surface area contributed by atoms with Gasteiger partial charge in [0.25, 0.3) is 5.91 Å². The Morgan fingerprint density at radius 2 is 1.38 bits per heavy atom. The molecule has 1 heterocycles. The minimum atomic E-state index is -0.0948. The Morgan fingerprint density at radius 1 is 0.824 bits per heavy atom. The Morgan fingerprint density at radius 3 is 1.94 bits per heavy atom. The van der Waals surface area contributed by atoms with E-state index in [9.17, 15) is 4.79 Å². The summed E-state index contributed by atoms with van der Waals surface area (Å²) in [5, 5.41) is 10.1. The summed E-state index contributed by atoms with van der Waals surface area (Å²) in [6.45, 7) is 2.99. The number of amides is 1. The van der Waals surface area contributed by atoms with Gasteiger partial charge in [0.1, 0.15) is 11.4 Å². The molecular formula is C29H47N3O2. The van der Waals surface area contributed by atoms with Crippen LogP contribution in [0, 0.1) is 0 Å². The van der Waals surface area contributed by atoms with E-state index in [1.807, 2.05) is 24.3 Å². The van der Waals surface area contributed by atoms with Gasteiger partial charge >= 0.3 is 0 Å². The molecule has 1 aromatic heterocycles. The average Bonchev–Trinajstić information content (AvgIpc) is 3.36. The number of rotatable bonds is 20. The first kappa shape index (κ1) is 27.9. The number of unbranched alkanes of at least 4 members (excludes halogenated alkanes) is 15. The largest absolute Gasteiger partial charge is 0.497 e. The zero-order valence-corrected chi connectivity index (χ0v) is 21.7. The molecule has 0 saturated carbocycles. The molecule has 0 atom stereocenters. The predicted octanol–water partition coefficient (Wildman–Crippen LogP) is 8.08. The van der Waals surface area contributed by atoms with Crippen molar-refractivity contribution in [1.29, 1.82) is 0 Å². The highest BCUT2D eigenvalue weighted by molar-refractivity contribution is 5.93. The summed E-state index contributed by atoms with van der Waals surface area (Å²) >= 11 is 0. The van der Waals surface area contributed by atoms with Gasteiger partial charge in [-0.1, -0.05) is 115 Å². The summed E-state index contributed by atoms with van der Waals surface area (Å²) in [7, 11) is 1.64. The fraction of sp³-hybridized carbons (Fsp3) is 0.655. The summed E-state index contributed by atoms with van der Waals surface area (Å²) in [6, 6.07) is 9.46. The summed E-state index contributed by atoms with van der Waals surface area (Å²) in [5.74, 6) is 0.678. The van der Waals surface area contributed by atoms with Gasteiger partial charge in [0.15, 0.2) is 0 Å². The standard InChI is InChI=1S/C29H47N3O2/c1-3-4-5-6-7-8-9-10-11-12-13-14-15-16-17-18-22-30-29(33)28-24-27(31-32-28)25-20-19-21-26(23-25)34-2/h19-21,23-24H,3-18,22H2,1-2H3,(H,30,33)(H,31,32). The molecule has 0 bridgehead atoms. The van der Waals surface area contributed by atoms with Gasteiger partial charge in [0.05, 0.1) is 12.8 Å². The number of hydrogen-bond donors (Lipinski definition) is 2. The number of aromatic nitrogens is 2. The lowest BCUT2D eigenvalue weighted by atomic mass is 10.0. The number of methoxy groups -OCH3 is 1. The minimum Gasteiger partial charge on any atom is -0.497 e. The maximum absolute atomic E-state index is 12.4. The molecule has 34 heavy (non-hydrogen) atoms. The van der Waals surface area contributed by atoms with Crippen molar-refractivity contribution >= 4 is 5.91 Å². The van der Waals surface area contributed by atoms with Crippen LogP contribution in [0.25, 0.3) is 11.3 Å². The lowest BCUT2D eigenvalue weighted by molar-refractivity contribution is 0.0948. The molecule has 0 aliphatic rings. The predicted molar refractivity (Wildman–Crippen MR) is 142 cm³/mol. The molecule has 0 spiro atoms. The van der Waals surface area contributed by atoms with Crippen molar-refractivity contribution in [3.63, 3.8) is 0 Å². The third-order valence-corrected chi connectivity index (χ3v) is 6.50. The Kier molecular flexibility index (Phi) is 14.9. The maximum Gasteiger partial charge on any atom is 0.269 e. The van der Waals surface area contributed by atoms with E-state index in [0.29, 0.717) is 12.2 Å². The average molecular weight is 470 g/mol. The van der Waals surface area contributed by atoms with Crippen LogP contribution in [0.4, 0.5) is 0 Å². The van der Waals surface area contributed by atoms with Crippen LogP contribution in [-0.4, -0.2) is 29.8 Å². The molecule has 1 amide bonds. The monoisotopic (exact) mass is 469 g/mol. The molecule has 5 nitrogen and oxygen atoms in total. The van der Waals surface area contributed by atoms with Crippen molar-refractivity contribution < 1.29 is 9.53 Å². The van der Waals surface area contributed by atoms with E-state index in [-0.39, 0.29) is 5.91 Å². The number of H-pyrrole nitrogens is 1. The molecule has 0 aliphatic heterocycles. The van der Waals surface area contributed by atoms with Crippen molar-refractivity contribution in [3.05, 3.63) is 36.0 Å². The molecule has 5 heteroatoms. The lowest BCUT2D eigenvalue weighted by Gasteiger charge is -2.05. The van der Waals surface area contributed by atoms with Gasteiger partial charge in [-0.3, -0.25) is 9.89 Å². The Bertz CT molecular complexity index is 787. The van der Waals surface area contributed by atoms with Crippen molar-refractivity contribution in [3.8, 4) is 17.0 Å². The van der Waals surface area contributed by atoms with Gasteiger partial charge in [-0.2, -0.15) is 5.10 Å². The van der Waals surface area contributed by atoms with Crippen LogP contribution >= 0.6 is 0 Å². The zero-order valence-electron chi connectivity index (χ0n) is 21.7. The molecule has 0 fully saturated rings. The normalized spacial score (nSPS) is 11.0. The minimum absolute atomic E-state index is 0.0948. The number of carbonyl (C=O) groups excluding carboxylic acids is 1. The first-order chi connectivity index (χ1) is 16.7. The Hall–Kier alpha value is -2.30. The Labute approximate surface area is 207 Å². The molecule has 1 aromatic carbocycles. The number of nitrogens with one attached hydrogen (secondary N) is 2. The molecule has 0 aliphatic carbocycles. The van der Waals surface area contributed by atoms with E-state index in [1.165, 1.54) is 96.3 Å². The van der Waals surface area contributed by atoms with E-state index in [4.69, 9.17) is 4.74 Å². The third kappa shape index (κ3) is 11.7. The SMILES string of the molecule is CCCCCCCCCCCCCCCCCCNC(=O)c1cc(-c2cccc(OC)c2)n[nH]1. The fourth-order valence-electron chi connectivity index (χ4n) is 4.34. The van der Waals surface area contributed by atoms with Gasteiger partial charge in [-0.25, -0.2) is 0 Å². The van der Waals surface area contributed by atoms with Crippen LogP contribution in [0.15, 0.2) is 30.3 Å². The molecule has 2 aromatic rings. The summed E-state index contributed by atoms with van der Waals surface area (Å²) in [4.78, 5) is 12.4. The number of nitrogens with zero attached hydrogens (tertiary/aromatic N) is 1. The van der Waals surface area contributed by atoms with Crippen molar-refractivity contribution in [2.75, 3.05) is 13.7 Å². The number of ether oxygens (including phenoxy) is 1. The molecular weight excluding hydrogens is 422 g/mol. The second-order valence-corrected chi connectivity index (χ2v) is 9.46. The first-order valence-corrected chi connectivity index (χ1v) is 13.7. The van der Waals surface area contributed by atoms with E-state index in [1.54, 1.807) is 13.2 Å². The van der Waals surface area contributed by atoms with Gasteiger partial charge < -0.3 is 10.1 Å². The third-order valence-electron chi connectivity index (χ3n) is 6.50. The first-order valence-electron chi connectivity index (χ1n) is 13.7. The van der Waals surface area contributed by atoms with E-state index >= 15 is 0 Å². The topological polar surface area (TPSA) is 67.0 Å². The fourth-order valence-corrected chi connectivity index (χ4v) is 4.34. The van der Waals surface area contributed by atoms with Gasteiger partial charge in [-0.05, 0) is 24.6 Å². The van der Waals surface area contributed by atoms with E-state index < -0.39 is 0 Å². The van der Waals surface area contributed by atoms with E-state index in [0.717, 1.165) is 23.4 Å². The Balaban J connectivity index is 1.42.